The highest BCUT2D eigenvalue weighted by Gasteiger charge is 2.08. The molecule has 0 N–H and O–H groups in total. The van der Waals surface area contributed by atoms with Crippen LogP contribution in [0.25, 0.3) is 26.6 Å². The lowest BCUT2D eigenvalue weighted by Crippen LogP contribution is -1.86. The third kappa shape index (κ3) is 0.888. The first kappa shape index (κ1) is 8.30. The molecular formula is C13H8N2S. The van der Waals surface area contributed by atoms with Gasteiger partial charge in [0.15, 0.2) is 0 Å². The van der Waals surface area contributed by atoms with Crippen molar-refractivity contribution in [3.05, 3.63) is 48.1 Å². The van der Waals surface area contributed by atoms with E-state index in [1.165, 1.54) is 21.1 Å². The number of para-hydroxylation sites is 1. The van der Waals surface area contributed by atoms with Gasteiger partial charge in [-0.2, -0.15) is 0 Å². The second-order valence-electron chi connectivity index (χ2n) is 3.81. The Morgan fingerprint density at radius 1 is 1.00 bits per heavy atom. The van der Waals surface area contributed by atoms with Gasteiger partial charge in [0.1, 0.15) is 0 Å². The van der Waals surface area contributed by atoms with E-state index in [9.17, 15) is 0 Å². The number of pyridine rings is 1. The van der Waals surface area contributed by atoms with E-state index in [-0.39, 0.29) is 0 Å². The highest BCUT2D eigenvalue weighted by Crippen LogP contribution is 2.31. The van der Waals surface area contributed by atoms with Crippen LogP contribution in [-0.4, -0.2) is 9.38 Å². The summed E-state index contributed by atoms with van der Waals surface area (Å²) in [6.07, 6.45) is 2.11. The Morgan fingerprint density at radius 3 is 2.88 bits per heavy atom. The zero-order valence-electron chi connectivity index (χ0n) is 8.42. The van der Waals surface area contributed by atoms with Crippen LogP contribution in [0.4, 0.5) is 0 Å². The summed E-state index contributed by atoms with van der Waals surface area (Å²) in [7, 11) is 0. The first-order valence-electron chi connectivity index (χ1n) is 5.16. The van der Waals surface area contributed by atoms with Gasteiger partial charge in [0.25, 0.3) is 0 Å². The molecular weight excluding hydrogens is 216 g/mol. The molecule has 0 bridgehead atoms. The van der Waals surface area contributed by atoms with E-state index >= 15 is 0 Å². The van der Waals surface area contributed by atoms with Crippen molar-refractivity contribution < 1.29 is 0 Å². The van der Waals surface area contributed by atoms with Gasteiger partial charge < -0.3 is 4.40 Å². The molecule has 0 radical (unpaired) electrons. The molecule has 0 atom stereocenters. The third-order valence-electron chi connectivity index (χ3n) is 2.97. The Labute approximate surface area is 95.8 Å². The Kier molecular flexibility index (Phi) is 1.47. The molecule has 0 aliphatic rings. The fourth-order valence-corrected chi connectivity index (χ4v) is 3.10. The SMILES string of the molecule is c1ccc2c(c1)c1ncsc1c1cccn21. The van der Waals surface area contributed by atoms with Crippen LogP contribution in [0, 0.1) is 0 Å². The van der Waals surface area contributed by atoms with Crippen molar-refractivity contribution in [2.24, 2.45) is 0 Å². The molecule has 2 nitrogen and oxygen atoms in total. The normalized spacial score (nSPS) is 11.8. The number of thiazole rings is 1. The molecule has 1 aromatic carbocycles. The number of hydrogen-bond acceptors (Lipinski definition) is 2. The van der Waals surface area contributed by atoms with Gasteiger partial charge in [0.2, 0.25) is 0 Å². The van der Waals surface area contributed by atoms with Gasteiger partial charge in [-0.25, -0.2) is 4.98 Å². The van der Waals surface area contributed by atoms with Gasteiger partial charge in [-0.05, 0) is 18.2 Å². The van der Waals surface area contributed by atoms with Crippen molar-refractivity contribution in [3.63, 3.8) is 0 Å². The van der Waals surface area contributed by atoms with Crippen LogP contribution in [-0.2, 0) is 0 Å². The van der Waals surface area contributed by atoms with Crippen LogP contribution in [0.2, 0.25) is 0 Å². The first-order chi connectivity index (χ1) is 7.95. The molecule has 4 rings (SSSR count). The number of hydrogen-bond donors (Lipinski definition) is 0. The van der Waals surface area contributed by atoms with E-state index in [1.54, 1.807) is 11.3 Å². The Hall–Kier alpha value is -1.87. The second-order valence-corrected chi connectivity index (χ2v) is 4.67. The molecule has 0 aliphatic heterocycles. The van der Waals surface area contributed by atoms with Crippen LogP contribution < -0.4 is 0 Å². The number of fused-ring (bicyclic) bond motifs is 6. The van der Waals surface area contributed by atoms with E-state index in [1.807, 2.05) is 5.51 Å². The van der Waals surface area contributed by atoms with Crippen molar-refractivity contribution in [2.45, 2.75) is 0 Å². The quantitative estimate of drug-likeness (QED) is 0.445. The summed E-state index contributed by atoms with van der Waals surface area (Å²) < 4.78 is 3.50. The smallest absolute Gasteiger partial charge is 0.0926 e. The number of benzene rings is 1. The maximum Gasteiger partial charge on any atom is 0.0926 e. The molecule has 4 aromatic rings. The molecule has 3 aromatic heterocycles. The minimum atomic E-state index is 1.12. The maximum atomic E-state index is 4.48. The van der Waals surface area contributed by atoms with E-state index in [0.29, 0.717) is 0 Å². The minimum absolute atomic E-state index is 1.12. The Bertz CT molecular complexity index is 741. The van der Waals surface area contributed by atoms with E-state index < -0.39 is 0 Å². The summed E-state index contributed by atoms with van der Waals surface area (Å²) in [5.41, 5.74) is 5.51. The van der Waals surface area contributed by atoms with E-state index in [0.717, 1.165) is 5.52 Å². The van der Waals surface area contributed by atoms with Crippen LogP contribution >= 0.6 is 11.3 Å². The van der Waals surface area contributed by atoms with Crippen LogP contribution in [0.3, 0.4) is 0 Å². The van der Waals surface area contributed by atoms with E-state index in [4.69, 9.17) is 0 Å². The van der Waals surface area contributed by atoms with Gasteiger partial charge in [-0.15, -0.1) is 11.3 Å². The molecule has 0 aliphatic carbocycles. The zero-order valence-corrected chi connectivity index (χ0v) is 9.24. The number of nitrogens with zero attached hydrogens (tertiary/aromatic N) is 2. The monoisotopic (exact) mass is 224 g/mol. The lowest BCUT2D eigenvalue weighted by molar-refractivity contribution is 1.29. The molecule has 0 fully saturated rings. The molecule has 0 spiro atoms. The van der Waals surface area contributed by atoms with Gasteiger partial charge in [-0.1, -0.05) is 18.2 Å². The Morgan fingerprint density at radius 2 is 1.88 bits per heavy atom. The summed E-state index contributed by atoms with van der Waals surface area (Å²) >= 11 is 1.70. The summed E-state index contributed by atoms with van der Waals surface area (Å²) in [5, 5.41) is 1.22. The summed E-state index contributed by atoms with van der Waals surface area (Å²) in [6.45, 7) is 0. The van der Waals surface area contributed by atoms with Crippen LogP contribution in [0.15, 0.2) is 48.1 Å². The fraction of sp³-hybridized carbons (Fsp3) is 0. The lowest BCUT2D eigenvalue weighted by Gasteiger charge is -2.04. The van der Waals surface area contributed by atoms with Crippen molar-refractivity contribution in [3.8, 4) is 0 Å². The van der Waals surface area contributed by atoms with Gasteiger partial charge >= 0.3 is 0 Å². The average Bonchev–Trinajstić information content (AvgIpc) is 2.98. The Balaban J connectivity index is 2.51. The van der Waals surface area contributed by atoms with Crippen molar-refractivity contribution in [1.82, 2.24) is 9.38 Å². The fourth-order valence-electron chi connectivity index (χ4n) is 2.28. The summed E-state index contributed by atoms with van der Waals surface area (Å²) in [5.74, 6) is 0. The van der Waals surface area contributed by atoms with Gasteiger partial charge in [-0.3, -0.25) is 0 Å². The largest absolute Gasteiger partial charge is 0.315 e. The van der Waals surface area contributed by atoms with Crippen molar-refractivity contribution in [2.75, 3.05) is 0 Å². The standard InChI is InChI=1S/C13H8N2S/c1-2-5-10-9(4-1)12-13(16-8-14-12)11-6-3-7-15(10)11/h1-8H. The lowest BCUT2D eigenvalue weighted by atomic mass is 10.2. The molecule has 76 valence electrons. The molecule has 0 saturated carbocycles. The predicted molar refractivity (Wildman–Crippen MR) is 68.1 cm³/mol. The summed E-state index contributed by atoms with van der Waals surface area (Å²) in [4.78, 5) is 4.48. The molecule has 3 heteroatoms. The molecule has 0 unspecified atom stereocenters. The molecule has 0 amide bonds. The van der Waals surface area contributed by atoms with E-state index in [2.05, 4.69) is 52.0 Å². The highest BCUT2D eigenvalue weighted by molar-refractivity contribution is 7.17. The van der Waals surface area contributed by atoms with Crippen molar-refractivity contribution in [1.29, 1.82) is 0 Å². The minimum Gasteiger partial charge on any atom is -0.315 e. The van der Waals surface area contributed by atoms with Crippen LogP contribution in [0.1, 0.15) is 0 Å². The topological polar surface area (TPSA) is 17.3 Å². The second kappa shape index (κ2) is 2.83. The molecule has 3 heterocycles. The van der Waals surface area contributed by atoms with Crippen LogP contribution in [0.5, 0.6) is 0 Å². The maximum absolute atomic E-state index is 4.48. The van der Waals surface area contributed by atoms with Gasteiger partial charge in [0.05, 0.1) is 26.8 Å². The summed E-state index contributed by atoms with van der Waals surface area (Å²) in [6, 6.07) is 12.6. The predicted octanol–water partition coefficient (Wildman–Crippen LogP) is 3.70. The highest BCUT2D eigenvalue weighted by atomic mass is 32.1. The molecule has 0 saturated heterocycles. The van der Waals surface area contributed by atoms with Gasteiger partial charge in [0, 0.05) is 11.6 Å². The average molecular weight is 224 g/mol. The number of aromatic nitrogens is 2. The number of rotatable bonds is 0. The third-order valence-corrected chi connectivity index (χ3v) is 3.82. The zero-order chi connectivity index (χ0) is 10.5. The molecule has 16 heavy (non-hydrogen) atoms. The van der Waals surface area contributed by atoms with Crippen molar-refractivity contribution >= 4 is 38.0 Å². The first-order valence-corrected chi connectivity index (χ1v) is 6.04.